The normalized spacial score (nSPS) is 17.1. The molecule has 1 amide bonds. The lowest BCUT2D eigenvalue weighted by Gasteiger charge is -2.35. The van der Waals surface area contributed by atoms with E-state index in [0.717, 1.165) is 28.7 Å². The number of fused-ring (bicyclic) bond motifs is 3. The van der Waals surface area contributed by atoms with Gasteiger partial charge in [0.1, 0.15) is 11.5 Å². The van der Waals surface area contributed by atoms with Crippen molar-refractivity contribution in [3.8, 4) is 0 Å². The van der Waals surface area contributed by atoms with Gasteiger partial charge in [-0.15, -0.1) is 0 Å². The van der Waals surface area contributed by atoms with E-state index in [2.05, 4.69) is 20.5 Å². The molecule has 1 saturated heterocycles. The van der Waals surface area contributed by atoms with Gasteiger partial charge in [0.05, 0.1) is 19.6 Å². The molecule has 2 aliphatic rings. The first-order valence-corrected chi connectivity index (χ1v) is 11.6. The third-order valence-electron chi connectivity index (χ3n) is 6.78. The maximum absolute atomic E-state index is 13.8. The van der Waals surface area contributed by atoms with E-state index in [4.69, 9.17) is 5.11 Å². The third kappa shape index (κ3) is 4.67. The van der Waals surface area contributed by atoms with Crippen LogP contribution in [0, 0.1) is 5.82 Å². The van der Waals surface area contributed by atoms with Gasteiger partial charge in [0, 0.05) is 56.5 Å². The fourth-order valence-corrected chi connectivity index (χ4v) is 5.05. The molecule has 3 aromatic rings. The molecule has 4 heterocycles. The predicted octanol–water partition coefficient (Wildman–Crippen LogP) is 1.81. The third-order valence-corrected chi connectivity index (χ3v) is 6.78. The Bertz CT molecular complexity index is 1220. The molecule has 1 aromatic carbocycles. The second-order valence-corrected chi connectivity index (χ2v) is 9.03. The standard InChI is InChI=1S/C25H28FN5O3/c26-19-4-1-3-18(13-19)14-31-22-15-30(8-6-20(22)21-5-2-7-27-25(21)31)23(32)16-28-9-11-29(12-10-28)17-24(33)34/h1-5,7,13H,6,8-12,14-17H2,(H,33,34). The van der Waals surface area contributed by atoms with Gasteiger partial charge in [-0.25, -0.2) is 9.37 Å². The fraction of sp³-hybridized carbons (Fsp3) is 0.400. The summed E-state index contributed by atoms with van der Waals surface area (Å²) >= 11 is 0. The van der Waals surface area contributed by atoms with Gasteiger partial charge in [-0.3, -0.25) is 19.4 Å². The van der Waals surface area contributed by atoms with Crippen molar-refractivity contribution >= 4 is 22.9 Å². The van der Waals surface area contributed by atoms with Crippen molar-refractivity contribution in [1.29, 1.82) is 0 Å². The summed E-state index contributed by atoms with van der Waals surface area (Å²) in [4.78, 5) is 34.6. The number of carbonyl (C=O) groups is 2. The predicted molar refractivity (Wildman–Crippen MR) is 125 cm³/mol. The summed E-state index contributed by atoms with van der Waals surface area (Å²) in [6, 6.07) is 10.6. The summed E-state index contributed by atoms with van der Waals surface area (Å²) < 4.78 is 15.9. The zero-order valence-corrected chi connectivity index (χ0v) is 19.0. The number of nitrogens with zero attached hydrogens (tertiary/aromatic N) is 5. The largest absolute Gasteiger partial charge is 0.480 e. The van der Waals surface area contributed by atoms with Crippen LogP contribution in [0.15, 0.2) is 42.6 Å². The second-order valence-electron chi connectivity index (χ2n) is 9.03. The zero-order valence-electron chi connectivity index (χ0n) is 19.0. The van der Waals surface area contributed by atoms with Gasteiger partial charge in [-0.05, 0) is 41.8 Å². The first kappa shape index (κ1) is 22.5. The number of aromatic nitrogens is 2. The highest BCUT2D eigenvalue weighted by Gasteiger charge is 2.29. The number of hydrogen-bond donors (Lipinski definition) is 1. The van der Waals surface area contributed by atoms with Crippen molar-refractivity contribution in [3.63, 3.8) is 0 Å². The first-order chi connectivity index (χ1) is 16.5. The van der Waals surface area contributed by atoms with Crippen LogP contribution in [0.2, 0.25) is 0 Å². The van der Waals surface area contributed by atoms with E-state index in [9.17, 15) is 14.0 Å². The number of benzene rings is 1. The van der Waals surface area contributed by atoms with Crippen LogP contribution in [0.5, 0.6) is 0 Å². The van der Waals surface area contributed by atoms with Gasteiger partial charge in [0.15, 0.2) is 0 Å². The maximum atomic E-state index is 13.8. The molecule has 0 aliphatic carbocycles. The maximum Gasteiger partial charge on any atom is 0.317 e. The Hall–Kier alpha value is -3.30. The molecule has 2 aliphatic heterocycles. The lowest BCUT2D eigenvalue weighted by Crippen LogP contribution is -2.51. The smallest absolute Gasteiger partial charge is 0.317 e. The van der Waals surface area contributed by atoms with Crippen molar-refractivity contribution < 1.29 is 19.1 Å². The summed E-state index contributed by atoms with van der Waals surface area (Å²) in [5.74, 6) is -1.01. The average molecular weight is 466 g/mol. The van der Waals surface area contributed by atoms with Gasteiger partial charge in [0.25, 0.3) is 0 Å². The highest BCUT2D eigenvalue weighted by molar-refractivity contribution is 5.84. The molecule has 0 spiro atoms. The molecule has 0 unspecified atom stereocenters. The quantitative estimate of drug-likeness (QED) is 0.598. The monoisotopic (exact) mass is 465 g/mol. The van der Waals surface area contributed by atoms with Gasteiger partial charge >= 0.3 is 5.97 Å². The van der Waals surface area contributed by atoms with Crippen LogP contribution < -0.4 is 0 Å². The summed E-state index contributed by atoms with van der Waals surface area (Å²) in [6.45, 7) is 4.68. The summed E-state index contributed by atoms with van der Waals surface area (Å²) in [5.41, 5.74) is 3.99. The highest BCUT2D eigenvalue weighted by Crippen LogP contribution is 2.30. The number of piperazine rings is 1. The Morgan fingerprint density at radius 1 is 1.00 bits per heavy atom. The van der Waals surface area contributed by atoms with Crippen LogP contribution in [0.25, 0.3) is 11.0 Å². The minimum Gasteiger partial charge on any atom is -0.480 e. The number of carboxylic acids is 1. The summed E-state index contributed by atoms with van der Waals surface area (Å²) in [5, 5.41) is 10.1. The van der Waals surface area contributed by atoms with E-state index in [1.807, 2.05) is 21.9 Å². The fourth-order valence-electron chi connectivity index (χ4n) is 5.05. The Labute approximate surface area is 197 Å². The topological polar surface area (TPSA) is 81.9 Å². The molecule has 0 atom stereocenters. The highest BCUT2D eigenvalue weighted by atomic mass is 19.1. The zero-order chi connectivity index (χ0) is 23.7. The SMILES string of the molecule is O=C(O)CN1CCN(CC(=O)N2CCc3c(n(Cc4cccc(F)c4)c4ncccc34)C2)CC1. The number of carbonyl (C=O) groups excluding carboxylic acids is 1. The van der Waals surface area contributed by atoms with E-state index in [1.54, 1.807) is 12.3 Å². The van der Waals surface area contributed by atoms with E-state index in [-0.39, 0.29) is 18.3 Å². The van der Waals surface area contributed by atoms with Gasteiger partial charge in [-0.2, -0.15) is 0 Å². The molecule has 8 nitrogen and oxygen atoms in total. The number of halogens is 1. The number of hydrogen-bond acceptors (Lipinski definition) is 5. The molecule has 178 valence electrons. The molecule has 9 heteroatoms. The van der Waals surface area contributed by atoms with Crippen molar-refractivity contribution in [2.24, 2.45) is 0 Å². The van der Waals surface area contributed by atoms with E-state index >= 15 is 0 Å². The number of carboxylic acid groups (broad SMARTS) is 1. The summed E-state index contributed by atoms with van der Waals surface area (Å²) in [6.07, 6.45) is 2.52. The van der Waals surface area contributed by atoms with Crippen LogP contribution in [0.4, 0.5) is 4.39 Å². The second kappa shape index (κ2) is 9.52. The molecule has 5 rings (SSSR count). The molecule has 2 aromatic heterocycles. The van der Waals surface area contributed by atoms with Crippen LogP contribution in [-0.4, -0.2) is 87.0 Å². The van der Waals surface area contributed by atoms with Crippen LogP contribution >= 0.6 is 0 Å². The number of pyridine rings is 1. The number of aliphatic carboxylic acids is 1. The molecule has 0 bridgehead atoms. The first-order valence-electron chi connectivity index (χ1n) is 11.6. The van der Waals surface area contributed by atoms with E-state index < -0.39 is 5.97 Å². The molecule has 0 saturated carbocycles. The van der Waals surface area contributed by atoms with Crippen molar-refractivity contribution in [1.82, 2.24) is 24.3 Å². The minimum absolute atomic E-state index is 0.0422. The molecule has 0 radical (unpaired) electrons. The average Bonchev–Trinajstić information content (AvgIpc) is 3.13. The van der Waals surface area contributed by atoms with Gasteiger partial charge in [-0.1, -0.05) is 12.1 Å². The minimum atomic E-state index is -0.822. The molecule has 1 N–H and O–H groups in total. The van der Waals surface area contributed by atoms with E-state index in [0.29, 0.717) is 52.4 Å². The van der Waals surface area contributed by atoms with Crippen molar-refractivity contribution in [2.45, 2.75) is 19.5 Å². The van der Waals surface area contributed by atoms with Gasteiger partial charge in [0.2, 0.25) is 5.91 Å². The van der Waals surface area contributed by atoms with Crippen molar-refractivity contribution in [2.75, 3.05) is 45.8 Å². The molecular formula is C25H28FN5O3. The van der Waals surface area contributed by atoms with Crippen molar-refractivity contribution in [3.05, 3.63) is 65.2 Å². The van der Waals surface area contributed by atoms with Crippen LogP contribution in [-0.2, 0) is 29.1 Å². The Balaban J connectivity index is 1.32. The molecule has 1 fully saturated rings. The lowest BCUT2D eigenvalue weighted by molar-refractivity contribution is -0.139. The number of rotatable bonds is 6. The van der Waals surface area contributed by atoms with Gasteiger partial charge < -0.3 is 14.6 Å². The molecular weight excluding hydrogens is 437 g/mol. The molecule has 34 heavy (non-hydrogen) atoms. The Morgan fingerprint density at radius 3 is 2.50 bits per heavy atom. The number of amides is 1. The van der Waals surface area contributed by atoms with E-state index in [1.165, 1.54) is 17.7 Å². The Kier molecular flexibility index (Phi) is 6.30. The Morgan fingerprint density at radius 2 is 1.76 bits per heavy atom. The van der Waals surface area contributed by atoms with Crippen LogP contribution in [0.3, 0.4) is 0 Å². The summed E-state index contributed by atoms with van der Waals surface area (Å²) in [7, 11) is 0. The van der Waals surface area contributed by atoms with Crippen LogP contribution in [0.1, 0.15) is 16.8 Å². The lowest BCUT2D eigenvalue weighted by atomic mass is 10.0.